The highest BCUT2D eigenvalue weighted by Gasteiger charge is 2.18. The van der Waals surface area contributed by atoms with Crippen LogP contribution in [0.2, 0.25) is 5.02 Å². The van der Waals surface area contributed by atoms with E-state index in [4.69, 9.17) is 16.7 Å². The molecule has 2 N–H and O–H groups in total. The van der Waals surface area contributed by atoms with Crippen LogP contribution in [0, 0.1) is 5.82 Å². The smallest absolute Gasteiger partial charge is 0.263 e. The summed E-state index contributed by atoms with van der Waals surface area (Å²) in [6, 6.07) is 3.85. The highest BCUT2D eigenvalue weighted by molar-refractivity contribution is 7.21. The number of thiophene rings is 1. The van der Waals surface area contributed by atoms with Crippen LogP contribution in [0.3, 0.4) is 0 Å². The molecule has 6 heteroatoms. The average Bonchev–Trinajstić information content (AvgIpc) is 2.66. The van der Waals surface area contributed by atoms with E-state index >= 15 is 0 Å². The van der Waals surface area contributed by atoms with E-state index in [1.165, 1.54) is 12.1 Å². The fraction of sp³-hybridized carbons (Fsp3) is 0.250. The maximum atomic E-state index is 13.1. The lowest BCUT2D eigenvalue weighted by molar-refractivity contribution is 0.0926. The van der Waals surface area contributed by atoms with Gasteiger partial charge in [-0.3, -0.25) is 4.79 Å². The molecule has 1 atom stereocenters. The summed E-state index contributed by atoms with van der Waals surface area (Å²) in [6.07, 6.45) is 0. The Morgan fingerprint density at radius 2 is 2.33 bits per heavy atom. The van der Waals surface area contributed by atoms with E-state index in [9.17, 15) is 9.18 Å². The molecule has 0 saturated carbocycles. The van der Waals surface area contributed by atoms with Crippen molar-refractivity contribution in [1.29, 1.82) is 0 Å². The minimum Gasteiger partial charge on any atom is -0.394 e. The molecule has 0 spiro atoms. The van der Waals surface area contributed by atoms with Crippen LogP contribution in [0.1, 0.15) is 16.6 Å². The van der Waals surface area contributed by atoms with Crippen molar-refractivity contribution in [3.63, 3.8) is 0 Å². The number of carbonyl (C=O) groups is 1. The SMILES string of the molecule is C[C@@H](CO)NC(=O)c1sc2cc(F)ccc2c1Cl. The number of carbonyl (C=O) groups excluding carboxylic acids is 1. The third-order valence-electron chi connectivity index (χ3n) is 2.45. The van der Waals surface area contributed by atoms with Gasteiger partial charge in [-0.25, -0.2) is 4.39 Å². The van der Waals surface area contributed by atoms with Gasteiger partial charge in [0.15, 0.2) is 0 Å². The van der Waals surface area contributed by atoms with Crippen molar-refractivity contribution in [1.82, 2.24) is 5.32 Å². The van der Waals surface area contributed by atoms with Gasteiger partial charge in [0.1, 0.15) is 10.7 Å². The van der Waals surface area contributed by atoms with E-state index in [-0.39, 0.29) is 24.4 Å². The van der Waals surface area contributed by atoms with Crippen LogP contribution in [0.25, 0.3) is 10.1 Å². The summed E-state index contributed by atoms with van der Waals surface area (Å²) in [5.74, 6) is -0.723. The van der Waals surface area contributed by atoms with Gasteiger partial charge in [-0.2, -0.15) is 0 Å². The molecule has 0 aliphatic carbocycles. The fourth-order valence-electron chi connectivity index (χ4n) is 1.52. The lowest BCUT2D eigenvalue weighted by atomic mass is 10.2. The first kappa shape index (κ1) is 13.3. The van der Waals surface area contributed by atoms with Gasteiger partial charge in [-0.15, -0.1) is 11.3 Å². The Hall–Kier alpha value is -1.17. The zero-order valence-corrected chi connectivity index (χ0v) is 11.1. The number of hydrogen-bond donors (Lipinski definition) is 2. The molecular weight excluding hydrogens is 277 g/mol. The Balaban J connectivity index is 2.39. The highest BCUT2D eigenvalue weighted by atomic mass is 35.5. The summed E-state index contributed by atoms with van der Waals surface area (Å²) >= 11 is 7.23. The van der Waals surface area contributed by atoms with E-state index in [2.05, 4.69) is 5.32 Å². The number of halogens is 2. The van der Waals surface area contributed by atoms with Crippen molar-refractivity contribution in [2.45, 2.75) is 13.0 Å². The molecule has 0 saturated heterocycles. The summed E-state index contributed by atoms with van der Waals surface area (Å²) < 4.78 is 13.7. The van der Waals surface area contributed by atoms with E-state index in [1.54, 1.807) is 13.0 Å². The summed E-state index contributed by atoms with van der Waals surface area (Å²) in [5, 5.41) is 12.5. The number of rotatable bonds is 3. The molecule has 0 bridgehead atoms. The Morgan fingerprint density at radius 3 is 3.00 bits per heavy atom. The first-order valence-corrected chi connectivity index (χ1v) is 6.51. The highest BCUT2D eigenvalue weighted by Crippen LogP contribution is 2.35. The van der Waals surface area contributed by atoms with Crippen molar-refractivity contribution < 1.29 is 14.3 Å². The maximum Gasteiger partial charge on any atom is 0.263 e. The minimum absolute atomic E-state index is 0.150. The maximum absolute atomic E-state index is 13.1. The lowest BCUT2D eigenvalue weighted by Crippen LogP contribution is -2.34. The van der Waals surface area contributed by atoms with Crippen LogP contribution in [0.5, 0.6) is 0 Å². The van der Waals surface area contributed by atoms with Gasteiger partial charge < -0.3 is 10.4 Å². The summed E-state index contributed by atoms with van der Waals surface area (Å²) in [6.45, 7) is 1.53. The molecule has 3 nitrogen and oxygen atoms in total. The largest absolute Gasteiger partial charge is 0.394 e. The van der Waals surface area contributed by atoms with Gasteiger partial charge >= 0.3 is 0 Å². The number of aliphatic hydroxyl groups is 1. The van der Waals surface area contributed by atoms with E-state index in [0.717, 1.165) is 11.3 Å². The fourth-order valence-corrected chi connectivity index (χ4v) is 2.97. The van der Waals surface area contributed by atoms with Gasteiger partial charge in [0, 0.05) is 16.1 Å². The zero-order chi connectivity index (χ0) is 13.3. The third-order valence-corrected chi connectivity index (χ3v) is 4.11. The molecule has 2 aromatic rings. The van der Waals surface area contributed by atoms with E-state index in [0.29, 0.717) is 20.0 Å². The Morgan fingerprint density at radius 1 is 1.61 bits per heavy atom. The molecule has 0 fully saturated rings. The van der Waals surface area contributed by atoms with E-state index < -0.39 is 0 Å². The summed E-state index contributed by atoms with van der Waals surface area (Å²) in [4.78, 5) is 12.2. The molecule has 96 valence electrons. The number of fused-ring (bicyclic) bond motifs is 1. The Labute approximate surface area is 112 Å². The van der Waals surface area contributed by atoms with Crippen LogP contribution in [0.4, 0.5) is 4.39 Å². The minimum atomic E-state index is -0.365. The van der Waals surface area contributed by atoms with Gasteiger partial charge in [0.25, 0.3) is 5.91 Å². The molecular formula is C12H11ClFNO2S. The molecule has 18 heavy (non-hydrogen) atoms. The average molecular weight is 288 g/mol. The predicted molar refractivity (Wildman–Crippen MR) is 70.8 cm³/mol. The van der Waals surface area contributed by atoms with Crippen molar-refractivity contribution in [3.8, 4) is 0 Å². The van der Waals surface area contributed by atoms with Crippen LogP contribution < -0.4 is 5.32 Å². The zero-order valence-electron chi connectivity index (χ0n) is 9.54. The molecule has 1 amide bonds. The quantitative estimate of drug-likeness (QED) is 0.912. The first-order chi connectivity index (χ1) is 8.52. The standard InChI is InChI=1S/C12H11ClFNO2S/c1-6(5-16)15-12(17)11-10(13)8-3-2-7(14)4-9(8)18-11/h2-4,6,16H,5H2,1H3,(H,15,17)/t6-/m0/s1. The van der Waals surface area contributed by atoms with Crippen molar-refractivity contribution >= 4 is 38.9 Å². The topological polar surface area (TPSA) is 49.3 Å². The van der Waals surface area contributed by atoms with Gasteiger partial charge in [-0.1, -0.05) is 11.6 Å². The molecule has 1 aromatic carbocycles. The van der Waals surface area contributed by atoms with Crippen molar-refractivity contribution in [2.24, 2.45) is 0 Å². The first-order valence-electron chi connectivity index (χ1n) is 5.32. The Kier molecular flexibility index (Phi) is 3.85. The van der Waals surface area contributed by atoms with Crippen LogP contribution in [0.15, 0.2) is 18.2 Å². The molecule has 0 aliphatic heterocycles. The van der Waals surface area contributed by atoms with Crippen LogP contribution in [-0.4, -0.2) is 23.7 Å². The summed E-state index contributed by atoms with van der Waals surface area (Å²) in [5.41, 5.74) is 0. The second-order valence-corrected chi connectivity index (χ2v) is 5.37. The molecule has 0 aliphatic rings. The second-order valence-electron chi connectivity index (χ2n) is 3.94. The number of nitrogens with one attached hydrogen (secondary N) is 1. The third kappa shape index (κ3) is 2.48. The molecule has 0 radical (unpaired) electrons. The number of amides is 1. The monoisotopic (exact) mass is 287 g/mol. The number of hydrogen-bond acceptors (Lipinski definition) is 3. The second kappa shape index (κ2) is 5.22. The van der Waals surface area contributed by atoms with Gasteiger partial charge in [0.2, 0.25) is 0 Å². The van der Waals surface area contributed by atoms with Crippen LogP contribution in [-0.2, 0) is 0 Å². The lowest BCUT2D eigenvalue weighted by Gasteiger charge is -2.09. The van der Waals surface area contributed by atoms with E-state index in [1.807, 2.05) is 0 Å². The molecule has 1 aromatic heterocycles. The Bertz CT molecular complexity index is 599. The van der Waals surface area contributed by atoms with Crippen LogP contribution >= 0.6 is 22.9 Å². The summed E-state index contributed by atoms with van der Waals surface area (Å²) in [7, 11) is 0. The van der Waals surface area contributed by atoms with Gasteiger partial charge in [0.05, 0.1) is 11.6 Å². The predicted octanol–water partition coefficient (Wildman–Crippen LogP) is 2.80. The van der Waals surface area contributed by atoms with Crippen molar-refractivity contribution in [3.05, 3.63) is 33.9 Å². The van der Waals surface area contributed by atoms with Crippen molar-refractivity contribution in [2.75, 3.05) is 6.61 Å². The number of aliphatic hydroxyl groups excluding tert-OH is 1. The molecule has 2 rings (SSSR count). The number of benzene rings is 1. The molecule has 0 unspecified atom stereocenters. The molecule has 1 heterocycles. The normalized spacial score (nSPS) is 12.7. The van der Waals surface area contributed by atoms with Gasteiger partial charge in [-0.05, 0) is 25.1 Å².